The third-order valence-corrected chi connectivity index (χ3v) is 2.82. The second-order valence-electron chi connectivity index (χ2n) is 4.11. The Morgan fingerprint density at radius 3 is 3.00 bits per heavy atom. The van der Waals surface area contributed by atoms with Crippen LogP contribution in [-0.2, 0) is 9.59 Å². The van der Waals surface area contributed by atoms with Crippen molar-refractivity contribution >= 4 is 17.6 Å². The summed E-state index contributed by atoms with van der Waals surface area (Å²) in [5.74, 6) is -0.263. The predicted octanol–water partition coefficient (Wildman–Crippen LogP) is 0.479. The van der Waals surface area contributed by atoms with E-state index in [2.05, 4.69) is 21.7 Å². The molecule has 1 aliphatic rings. The summed E-state index contributed by atoms with van der Waals surface area (Å²) in [6, 6.07) is 3.26. The van der Waals surface area contributed by atoms with Gasteiger partial charge in [0.2, 0.25) is 11.8 Å². The lowest BCUT2D eigenvalue weighted by Crippen LogP contribution is -2.47. The SMILES string of the molecule is Cc1ccnc(NC2CCC(=O)NC2=O)c1C#N. The number of hydrogen-bond acceptors (Lipinski definition) is 5. The van der Waals surface area contributed by atoms with Crippen LogP contribution in [0, 0.1) is 18.3 Å². The van der Waals surface area contributed by atoms with Crippen LogP contribution in [0.15, 0.2) is 12.3 Å². The molecule has 2 rings (SSSR count). The highest BCUT2D eigenvalue weighted by atomic mass is 16.2. The van der Waals surface area contributed by atoms with E-state index in [4.69, 9.17) is 5.26 Å². The third-order valence-electron chi connectivity index (χ3n) is 2.82. The molecule has 92 valence electrons. The largest absolute Gasteiger partial charge is 0.357 e. The van der Waals surface area contributed by atoms with Crippen LogP contribution in [0.4, 0.5) is 5.82 Å². The second kappa shape index (κ2) is 4.84. The Balaban J connectivity index is 2.20. The summed E-state index contributed by atoms with van der Waals surface area (Å²) in [6.07, 6.45) is 2.27. The second-order valence-corrected chi connectivity index (χ2v) is 4.11. The van der Waals surface area contributed by atoms with Crippen molar-refractivity contribution in [3.8, 4) is 6.07 Å². The van der Waals surface area contributed by atoms with Gasteiger partial charge in [-0.2, -0.15) is 5.26 Å². The van der Waals surface area contributed by atoms with Gasteiger partial charge in [-0.1, -0.05) is 0 Å². The van der Waals surface area contributed by atoms with Gasteiger partial charge in [0.25, 0.3) is 0 Å². The zero-order valence-corrected chi connectivity index (χ0v) is 9.86. The molecule has 2 heterocycles. The molecule has 0 saturated carbocycles. The number of hydrogen-bond donors (Lipinski definition) is 2. The number of imide groups is 1. The van der Waals surface area contributed by atoms with E-state index < -0.39 is 6.04 Å². The first-order chi connectivity index (χ1) is 8.61. The summed E-state index contributed by atoms with van der Waals surface area (Å²) in [6.45, 7) is 1.80. The fourth-order valence-corrected chi connectivity index (χ4v) is 1.81. The summed E-state index contributed by atoms with van der Waals surface area (Å²) in [5.41, 5.74) is 1.21. The summed E-state index contributed by atoms with van der Waals surface area (Å²) in [5, 5.41) is 14.2. The molecule has 1 fully saturated rings. The van der Waals surface area contributed by atoms with Gasteiger partial charge in [0, 0.05) is 12.6 Å². The molecular weight excluding hydrogens is 232 g/mol. The third kappa shape index (κ3) is 2.30. The Kier molecular flexibility index (Phi) is 3.24. The highest BCUT2D eigenvalue weighted by molar-refractivity contribution is 6.01. The average molecular weight is 244 g/mol. The number of anilines is 1. The lowest BCUT2D eigenvalue weighted by Gasteiger charge is -2.22. The number of carbonyl (C=O) groups is 2. The van der Waals surface area contributed by atoms with Crippen LogP contribution in [0.5, 0.6) is 0 Å². The molecule has 2 N–H and O–H groups in total. The molecule has 2 amide bonds. The molecule has 6 heteroatoms. The van der Waals surface area contributed by atoms with E-state index in [9.17, 15) is 9.59 Å². The lowest BCUT2D eigenvalue weighted by atomic mass is 10.1. The van der Waals surface area contributed by atoms with Crippen molar-refractivity contribution in [1.82, 2.24) is 10.3 Å². The van der Waals surface area contributed by atoms with Crippen LogP contribution in [0.1, 0.15) is 24.0 Å². The Morgan fingerprint density at radius 2 is 2.33 bits per heavy atom. The normalized spacial score (nSPS) is 19.0. The van der Waals surface area contributed by atoms with Gasteiger partial charge in [-0.25, -0.2) is 4.98 Å². The maximum atomic E-state index is 11.6. The molecule has 0 bridgehead atoms. The highest BCUT2D eigenvalue weighted by Gasteiger charge is 2.27. The van der Waals surface area contributed by atoms with Crippen LogP contribution in [0.2, 0.25) is 0 Å². The topological polar surface area (TPSA) is 94.9 Å². The maximum Gasteiger partial charge on any atom is 0.249 e. The van der Waals surface area contributed by atoms with Crippen molar-refractivity contribution < 1.29 is 9.59 Å². The monoisotopic (exact) mass is 244 g/mol. The van der Waals surface area contributed by atoms with Crippen LogP contribution in [-0.4, -0.2) is 22.8 Å². The molecule has 0 spiro atoms. The number of nitrogens with zero attached hydrogens (tertiary/aromatic N) is 2. The number of aromatic nitrogens is 1. The number of carbonyl (C=O) groups excluding carboxylic acids is 2. The van der Waals surface area contributed by atoms with Gasteiger partial charge < -0.3 is 5.32 Å². The van der Waals surface area contributed by atoms with E-state index in [1.54, 1.807) is 19.2 Å². The first-order valence-electron chi connectivity index (χ1n) is 5.57. The predicted molar refractivity (Wildman–Crippen MR) is 63.5 cm³/mol. The van der Waals surface area contributed by atoms with Crippen molar-refractivity contribution in [3.05, 3.63) is 23.4 Å². The molecule has 1 aliphatic heterocycles. The van der Waals surface area contributed by atoms with Gasteiger partial charge >= 0.3 is 0 Å². The quantitative estimate of drug-likeness (QED) is 0.738. The van der Waals surface area contributed by atoms with E-state index in [-0.39, 0.29) is 18.2 Å². The minimum absolute atomic E-state index is 0.268. The molecule has 1 unspecified atom stereocenters. The van der Waals surface area contributed by atoms with E-state index in [1.165, 1.54) is 0 Å². The molecule has 1 aromatic heterocycles. The maximum absolute atomic E-state index is 11.6. The number of pyridine rings is 1. The number of aryl methyl sites for hydroxylation is 1. The van der Waals surface area contributed by atoms with Gasteiger partial charge in [-0.3, -0.25) is 14.9 Å². The molecule has 0 aliphatic carbocycles. The molecule has 6 nitrogen and oxygen atoms in total. The van der Waals surface area contributed by atoms with Crippen molar-refractivity contribution in [1.29, 1.82) is 5.26 Å². The van der Waals surface area contributed by atoms with Crippen molar-refractivity contribution in [3.63, 3.8) is 0 Å². The zero-order chi connectivity index (χ0) is 13.1. The first-order valence-corrected chi connectivity index (χ1v) is 5.57. The first kappa shape index (κ1) is 12.0. The van der Waals surface area contributed by atoms with Crippen LogP contribution in [0.25, 0.3) is 0 Å². The highest BCUT2D eigenvalue weighted by Crippen LogP contribution is 2.18. The Bertz CT molecular complexity index is 547. The van der Waals surface area contributed by atoms with E-state index >= 15 is 0 Å². The van der Waals surface area contributed by atoms with E-state index in [0.717, 1.165) is 5.56 Å². The summed E-state index contributed by atoms with van der Waals surface area (Å²) >= 11 is 0. The zero-order valence-electron chi connectivity index (χ0n) is 9.86. The van der Waals surface area contributed by atoms with Crippen molar-refractivity contribution in [2.24, 2.45) is 0 Å². The van der Waals surface area contributed by atoms with E-state index in [0.29, 0.717) is 17.8 Å². The Morgan fingerprint density at radius 1 is 1.56 bits per heavy atom. The average Bonchev–Trinajstić information content (AvgIpc) is 2.33. The van der Waals surface area contributed by atoms with Gasteiger partial charge in [-0.05, 0) is 25.0 Å². The standard InChI is InChI=1S/C12H12N4O2/c1-7-4-5-14-11(8(7)6-13)15-9-2-3-10(17)16-12(9)18/h4-5,9H,2-3H2,1H3,(H,14,15)(H,16,17,18). The van der Waals surface area contributed by atoms with Gasteiger partial charge in [0.1, 0.15) is 17.9 Å². The van der Waals surface area contributed by atoms with Gasteiger partial charge in [0.15, 0.2) is 0 Å². The minimum Gasteiger partial charge on any atom is -0.357 e. The van der Waals surface area contributed by atoms with E-state index in [1.807, 2.05) is 0 Å². The Hall–Kier alpha value is -2.42. The molecule has 0 aromatic carbocycles. The molecular formula is C12H12N4O2. The molecule has 1 aromatic rings. The number of amides is 2. The molecule has 0 radical (unpaired) electrons. The van der Waals surface area contributed by atoms with Crippen molar-refractivity contribution in [2.45, 2.75) is 25.8 Å². The van der Waals surface area contributed by atoms with Crippen LogP contribution >= 0.6 is 0 Å². The Labute approximate surface area is 104 Å². The number of nitrogens with one attached hydrogen (secondary N) is 2. The molecule has 18 heavy (non-hydrogen) atoms. The fraction of sp³-hybridized carbons (Fsp3) is 0.333. The fourth-order valence-electron chi connectivity index (χ4n) is 1.81. The van der Waals surface area contributed by atoms with Crippen LogP contribution < -0.4 is 10.6 Å². The molecule has 1 saturated heterocycles. The minimum atomic E-state index is -0.524. The molecule has 1 atom stereocenters. The summed E-state index contributed by atoms with van der Waals surface area (Å²) < 4.78 is 0. The number of piperidine rings is 1. The number of nitriles is 1. The lowest BCUT2D eigenvalue weighted by molar-refractivity contribution is -0.133. The number of rotatable bonds is 2. The van der Waals surface area contributed by atoms with Gasteiger partial charge in [-0.15, -0.1) is 0 Å². The van der Waals surface area contributed by atoms with Crippen LogP contribution in [0.3, 0.4) is 0 Å². The summed E-state index contributed by atoms with van der Waals surface area (Å²) in [4.78, 5) is 26.7. The smallest absolute Gasteiger partial charge is 0.249 e. The summed E-state index contributed by atoms with van der Waals surface area (Å²) in [7, 11) is 0. The van der Waals surface area contributed by atoms with Crippen molar-refractivity contribution in [2.75, 3.05) is 5.32 Å². The van der Waals surface area contributed by atoms with Gasteiger partial charge in [0.05, 0.1) is 5.56 Å².